The monoisotopic (exact) mass is 335 g/mol. The van der Waals surface area contributed by atoms with Gasteiger partial charge in [0.15, 0.2) is 5.11 Å². The van der Waals surface area contributed by atoms with Gasteiger partial charge in [-0.15, -0.1) is 0 Å². The summed E-state index contributed by atoms with van der Waals surface area (Å²) in [4.78, 5) is 10.2. The van der Waals surface area contributed by atoms with Crippen LogP contribution in [0, 0.1) is 10.1 Å². The first kappa shape index (κ1) is 16.2. The van der Waals surface area contributed by atoms with Gasteiger partial charge in [0.1, 0.15) is 0 Å². The summed E-state index contributed by atoms with van der Waals surface area (Å²) in [6, 6.07) is 12.1. The van der Waals surface area contributed by atoms with E-state index in [0.717, 1.165) is 12.1 Å². The Morgan fingerprint density at radius 3 is 2.45 bits per heavy atom. The van der Waals surface area contributed by atoms with E-state index in [0.29, 0.717) is 10.8 Å². The lowest BCUT2D eigenvalue weighted by atomic mass is 10.1. The van der Waals surface area contributed by atoms with Crippen LogP contribution in [0.2, 0.25) is 5.02 Å². The molecule has 0 saturated heterocycles. The second-order valence-electron chi connectivity index (χ2n) is 4.55. The summed E-state index contributed by atoms with van der Waals surface area (Å²) in [6.07, 6.45) is 0.974. The van der Waals surface area contributed by atoms with E-state index in [9.17, 15) is 10.1 Å². The molecule has 2 N–H and O–H groups in total. The van der Waals surface area contributed by atoms with Crippen LogP contribution in [0.4, 0.5) is 17.1 Å². The summed E-state index contributed by atoms with van der Waals surface area (Å²) < 4.78 is 0. The first-order valence-corrected chi connectivity index (χ1v) is 7.39. The van der Waals surface area contributed by atoms with Gasteiger partial charge in [-0.2, -0.15) is 0 Å². The fourth-order valence-electron chi connectivity index (χ4n) is 1.83. The quantitative estimate of drug-likeness (QED) is 0.485. The van der Waals surface area contributed by atoms with Crippen LogP contribution < -0.4 is 10.6 Å². The Balaban J connectivity index is 2.03. The molecular formula is C15H14ClN3O2S. The first-order valence-electron chi connectivity index (χ1n) is 6.60. The van der Waals surface area contributed by atoms with E-state index in [1.165, 1.54) is 23.8 Å². The number of anilines is 2. The van der Waals surface area contributed by atoms with Crippen molar-refractivity contribution in [3.05, 3.63) is 63.2 Å². The molecule has 0 fully saturated rings. The predicted molar refractivity (Wildman–Crippen MR) is 93.8 cm³/mol. The number of non-ortho nitro benzene ring substituents is 1. The topological polar surface area (TPSA) is 67.2 Å². The van der Waals surface area contributed by atoms with Crippen molar-refractivity contribution < 1.29 is 4.92 Å². The molecule has 0 aliphatic heterocycles. The van der Waals surface area contributed by atoms with Crippen molar-refractivity contribution in [2.24, 2.45) is 0 Å². The fourth-order valence-corrected chi connectivity index (χ4v) is 2.28. The summed E-state index contributed by atoms with van der Waals surface area (Å²) in [5.41, 5.74) is 2.54. The number of nitrogens with zero attached hydrogens (tertiary/aromatic N) is 1. The van der Waals surface area contributed by atoms with Crippen LogP contribution in [0.5, 0.6) is 0 Å². The van der Waals surface area contributed by atoms with E-state index < -0.39 is 4.92 Å². The van der Waals surface area contributed by atoms with Gasteiger partial charge in [0.05, 0.1) is 15.6 Å². The van der Waals surface area contributed by atoms with Crippen LogP contribution in [-0.2, 0) is 6.42 Å². The zero-order valence-corrected chi connectivity index (χ0v) is 13.4. The van der Waals surface area contributed by atoms with Gasteiger partial charge in [-0.25, -0.2) is 0 Å². The Kier molecular flexibility index (Phi) is 5.30. The zero-order valence-electron chi connectivity index (χ0n) is 11.8. The lowest BCUT2D eigenvalue weighted by molar-refractivity contribution is -0.384. The number of nitro benzene ring substituents is 1. The summed E-state index contributed by atoms with van der Waals surface area (Å²) in [5.74, 6) is 0. The molecule has 2 aromatic carbocycles. The van der Waals surface area contributed by atoms with Crippen LogP contribution in [0.25, 0.3) is 0 Å². The maximum absolute atomic E-state index is 10.7. The number of benzene rings is 2. The Bertz CT molecular complexity index is 704. The smallest absolute Gasteiger partial charge is 0.271 e. The molecule has 0 bridgehead atoms. The van der Waals surface area contributed by atoms with Gasteiger partial charge in [0.25, 0.3) is 5.69 Å². The molecule has 0 saturated carbocycles. The number of hydrogen-bond donors (Lipinski definition) is 2. The van der Waals surface area contributed by atoms with E-state index in [1.54, 1.807) is 0 Å². The second-order valence-corrected chi connectivity index (χ2v) is 5.37. The van der Waals surface area contributed by atoms with Gasteiger partial charge >= 0.3 is 0 Å². The maximum Gasteiger partial charge on any atom is 0.271 e. The van der Waals surface area contributed by atoms with Crippen LogP contribution in [0.15, 0.2) is 42.5 Å². The highest BCUT2D eigenvalue weighted by Crippen LogP contribution is 2.26. The largest absolute Gasteiger partial charge is 0.332 e. The molecule has 0 aliphatic rings. The van der Waals surface area contributed by atoms with Crippen molar-refractivity contribution in [3.63, 3.8) is 0 Å². The van der Waals surface area contributed by atoms with Gasteiger partial charge in [-0.3, -0.25) is 10.1 Å². The number of halogens is 1. The molecule has 7 heteroatoms. The number of nitrogens with one attached hydrogen (secondary N) is 2. The number of nitro groups is 1. The Morgan fingerprint density at radius 1 is 1.23 bits per heavy atom. The van der Waals surface area contributed by atoms with Crippen LogP contribution in [0.3, 0.4) is 0 Å². The molecule has 114 valence electrons. The molecule has 0 heterocycles. The third-order valence-electron chi connectivity index (χ3n) is 3.03. The lowest BCUT2D eigenvalue weighted by Crippen LogP contribution is -2.19. The molecule has 2 rings (SSSR count). The zero-order chi connectivity index (χ0) is 16.1. The van der Waals surface area contributed by atoms with E-state index >= 15 is 0 Å². The Morgan fingerprint density at radius 2 is 1.91 bits per heavy atom. The van der Waals surface area contributed by atoms with Crippen molar-refractivity contribution in [3.8, 4) is 0 Å². The van der Waals surface area contributed by atoms with Crippen LogP contribution >= 0.6 is 23.8 Å². The van der Waals surface area contributed by atoms with Crippen LogP contribution in [-0.4, -0.2) is 10.0 Å². The van der Waals surface area contributed by atoms with E-state index in [1.807, 2.05) is 24.3 Å². The number of rotatable bonds is 4. The molecule has 0 spiro atoms. The Hall–Kier alpha value is -2.18. The van der Waals surface area contributed by atoms with Gasteiger partial charge < -0.3 is 10.6 Å². The molecule has 0 aromatic heterocycles. The summed E-state index contributed by atoms with van der Waals surface area (Å²) in [5, 5.41) is 17.2. The maximum atomic E-state index is 10.7. The van der Waals surface area contributed by atoms with Crippen LogP contribution in [0.1, 0.15) is 12.5 Å². The SMILES string of the molecule is CCc1ccc(NC(=S)Nc2ccc([N+](=O)[O-])cc2Cl)cc1. The highest BCUT2D eigenvalue weighted by molar-refractivity contribution is 7.80. The molecule has 22 heavy (non-hydrogen) atoms. The molecule has 0 radical (unpaired) electrons. The van der Waals surface area contributed by atoms with Gasteiger partial charge in [0.2, 0.25) is 0 Å². The average Bonchev–Trinajstić information content (AvgIpc) is 2.50. The van der Waals surface area contributed by atoms with Crippen molar-refractivity contribution in [1.82, 2.24) is 0 Å². The van der Waals surface area contributed by atoms with E-state index in [2.05, 4.69) is 17.6 Å². The number of thiocarbonyl (C=S) groups is 1. The second kappa shape index (κ2) is 7.20. The van der Waals surface area contributed by atoms with Gasteiger partial charge in [-0.1, -0.05) is 30.7 Å². The first-order chi connectivity index (χ1) is 10.5. The minimum atomic E-state index is -0.498. The normalized spacial score (nSPS) is 10.1. The Labute approximate surface area is 138 Å². The minimum Gasteiger partial charge on any atom is -0.332 e. The fraction of sp³-hybridized carbons (Fsp3) is 0.133. The summed E-state index contributed by atoms with van der Waals surface area (Å²) >= 11 is 11.2. The van der Waals surface area contributed by atoms with Crippen molar-refractivity contribution in [1.29, 1.82) is 0 Å². The molecule has 5 nitrogen and oxygen atoms in total. The molecule has 0 atom stereocenters. The van der Waals surface area contributed by atoms with Gasteiger partial charge in [0, 0.05) is 17.8 Å². The number of aryl methyl sites for hydroxylation is 1. The molecule has 0 amide bonds. The van der Waals surface area contributed by atoms with Crippen molar-refractivity contribution >= 4 is 46.0 Å². The average molecular weight is 336 g/mol. The molecule has 0 unspecified atom stereocenters. The van der Waals surface area contributed by atoms with E-state index in [4.69, 9.17) is 23.8 Å². The molecular weight excluding hydrogens is 322 g/mol. The predicted octanol–water partition coefficient (Wildman–Crippen LogP) is 4.62. The van der Waals surface area contributed by atoms with Crippen molar-refractivity contribution in [2.45, 2.75) is 13.3 Å². The highest BCUT2D eigenvalue weighted by atomic mass is 35.5. The summed E-state index contributed by atoms with van der Waals surface area (Å²) in [7, 11) is 0. The van der Waals surface area contributed by atoms with E-state index in [-0.39, 0.29) is 10.7 Å². The third-order valence-corrected chi connectivity index (χ3v) is 3.55. The van der Waals surface area contributed by atoms with Crippen molar-refractivity contribution in [2.75, 3.05) is 10.6 Å². The third kappa shape index (κ3) is 4.16. The summed E-state index contributed by atoms with van der Waals surface area (Å²) in [6.45, 7) is 2.09. The minimum absolute atomic E-state index is 0.0652. The molecule has 0 aliphatic carbocycles. The van der Waals surface area contributed by atoms with Gasteiger partial charge in [-0.05, 0) is 42.4 Å². The molecule has 2 aromatic rings. The highest BCUT2D eigenvalue weighted by Gasteiger charge is 2.10. The lowest BCUT2D eigenvalue weighted by Gasteiger charge is -2.12. The standard InChI is InChI=1S/C15H14ClN3O2S/c1-2-10-3-5-11(6-4-10)17-15(22)18-14-8-7-12(19(20)21)9-13(14)16/h3-9H,2H2,1H3,(H2,17,18,22). The number of hydrogen-bond acceptors (Lipinski definition) is 3.